The smallest absolute Gasteiger partial charge is 0.273 e. The first-order valence-corrected chi connectivity index (χ1v) is 5.50. The van der Waals surface area contributed by atoms with Crippen molar-refractivity contribution in [2.75, 3.05) is 5.32 Å². The quantitative estimate of drug-likeness (QED) is 0.811. The number of benzene rings is 1. The fourth-order valence-corrected chi connectivity index (χ4v) is 1.59. The van der Waals surface area contributed by atoms with Crippen molar-refractivity contribution in [3.8, 4) is 0 Å². The minimum absolute atomic E-state index is 0.0381. The number of nitrogens with one attached hydrogen (secondary N) is 2. The Hall–Kier alpha value is -2.43. The summed E-state index contributed by atoms with van der Waals surface area (Å²) >= 11 is 0. The summed E-state index contributed by atoms with van der Waals surface area (Å²) in [6, 6.07) is 6.81. The van der Waals surface area contributed by atoms with Crippen molar-refractivity contribution in [2.45, 2.75) is 13.8 Å². The van der Waals surface area contributed by atoms with Crippen molar-refractivity contribution in [1.82, 2.24) is 10.2 Å². The molecule has 2 N–H and O–H groups in total. The highest BCUT2D eigenvalue weighted by atomic mass is 16.2. The van der Waals surface area contributed by atoms with Gasteiger partial charge in [0.1, 0.15) is 5.69 Å². The Labute approximate surface area is 104 Å². The number of hydrogen-bond acceptors (Lipinski definition) is 3. The third-order valence-electron chi connectivity index (χ3n) is 2.58. The minimum Gasteiger partial charge on any atom is -0.321 e. The second-order valence-electron chi connectivity index (χ2n) is 4.02. The molecule has 2 rings (SSSR count). The number of rotatable bonds is 3. The van der Waals surface area contributed by atoms with Gasteiger partial charge in [0.15, 0.2) is 5.78 Å². The van der Waals surface area contributed by atoms with Crippen LogP contribution in [0.15, 0.2) is 30.5 Å². The molecule has 0 unspecified atom stereocenters. The molecule has 92 valence electrons. The number of aryl methyl sites for hydroxylation is 1. The number of amides is 1. The third-order valence-corrected chi connectivity index (χ3v) is 2.58. The molecule has 1 heterocycles. The van der Waals surface area contributed by atoms with E-state index in [0.717, 1.165) is 5.56 Å². The van der Waals surface area contributed by atoms with Gasteiger partial charge in [-0.05, 0) is 31.5 Å². The molecule has 2 aromatic rings. The Morgan fingerprint density at radius 3 is 2.72 bits per heavy atom. The summed E-state index contributed by atoms with van der Waals surface area (Å²) in [7, 11) is 0. The van der Waals surface area contributed by atoms with Gasteiger partial charge < -0.3 is 5.32 Å². The van der Waals surface area contributed by atoms with Gasteiger partial charge in [0.05, 0.1) is 6.20 Å². The molecule has 0 saturated heterocycles. The lowest BCUT2D eigenvalue weighted by molar-refractivity contribution is 0.100. The number of nitrogens with zero attached hydrogens (tertiary/aromatic N) is 1. The van der Waals surface area contributed by atoms with Gasteiger partial charge in [0.25, 0.3) is 5.91 Å². The molecular formula is C13H13N3O2. The van der Waals surface area contributed by atoms with Crippen molar-refractivity contribution >= 4 is 17.4 Å². The zero-order valence-corrected chi connectivity index (χ0v) is 10.2. The van der Waals surface area contributed by atoms with Gasteiger partial charge in [0.2, 0.25) is 0 Å². The molecule has 5 nitrogen and oxygen atoms in total. The van der Waals surface area contributed by atoms with Crippen LogP contribution in [0.2, 0.25) is 0 Å². The zero-order valence-electron chi connectivity index (χ0n) is 10.2. The van der Waals surface area contributed by atoms with E-state index in [9.17, 15) is 9.59 Å². The van der Waals surface area contributed by atoms with E-state index in [4.69, 9.17) is 0 Å². The van der Waals surface area contributed by atoms with E-state index in [-0.39, 0.29) is 11.7 Å². The Morgan fingerprint density at radius 2 is 2.11 bits per heavy atom. The van der Waals surface area contributed by atoms with Crippen molar-refractivity contribution < 1.29 is 9.59 Å². The summed E-state index contributed by atoms with van der Waals surface area (Å²) in [5.41, 5.74) is 2.34. The number of anilines is 1. The number of ketones is 1. The highest BCUT2D eigenvalue weighted by molar-refractivity contribution is 6.04. The van der Waals surface area contributed by atoms with Gasteiger partial charge in [0, 0.05) is 11.3 Å². The number of aromatic amines is 1. The predicted octanol–water partition coefficient (Wildman–Crippen LogP) is 2.17. The topological polar surface area (TPSA) is 74.8 Å². The molecule has 0 radical (unpaired) electrons. The lowest BCUT2D eigenvalue weighted by Crippen LogP contribution is -2.14. The van der Waals surface area contributed by atoms with Gasteiger partial charge in [-0.3, -0.25) is 14.7 Å². The van der Waals surface area contributed by atoms with Crippen LogP contribution in [0.1, 0.15) is 33.3 Å². The largest absolute Gasteiger partial charge is 0.321 e. The van der Waals surface area contributed by atoms with Crippen LogP contribution < -0.4 is 5.32 Å². The lowest BCUT2D eigenvalue weighted by atomic mass is 10.1. The van der Waals surface area contributed by atoms with E-state index in [0.29, 0.717) is 16.9 Å². The van der Waals surface area contributed by atoms with Crippen LogP contribution in [0.3, 0.4) is 0 Å². The van der Waals surface area contributed by atoms with Crippen LogP contribution in [0.4, 0.5) is 5.69 Å². The average Bonchev–Trinajstić information content (AvgIpc) is 2.76. The molecule has 5 heteroatoms. The Morgan fingerprint density at radius 1 is 1.33 bits per heavy atom. The van der Waals surface area contributed by atoms with Crippen LogP contribution in [0.5, 0.6) is 0 Å². The van der Waals surface area contributed by atoms with Crippen LogP contribution in [0.25, 0.3) is 0 Å². The highest BCUT2D eigenvalue weighted by Crippen LogP contribution is 2.13. The first-order chi connectivity index (χ1) is 8.58. The first-order valence-electron chi connectivity index (χ1n) is 5.50. The van der Waals surface area contributed by atoms with Gasteiger partial charge in [-0.1, -0.05) is 12.1 Å². The minimum atomic E-state index is -0.272. The Balaban J connectivity index is 2.20. The van der Waals surface area contributed by atoms with Gasteiger partial charge in [-0.2, -0.15) is 5.10 Å². The molecule has 0 bridgehead atoms. The molecule has 1 amide bonds. The summed E-state index contributed by atoms with van der Waals surface area (Å²) in [5, 5.41) is 9.14. The molecule has 0 aliphatic carbocycles. The molecule has 0 fully saturated rings. The van der Waals surface area contributed by atoms with E-state index in [1.54, 1.807) is 37.4 Å². The molecule has 0 spiro atoms. The maximum atomic E-state index is 11.9. The fourth-order valence-electron chi connectivity index (χ4n) is 1.59. The van der Waals surface area contributed by atoms with Crippen molar-refractivity contribution in [3.63, 3.8) is 0 Å². The normalized spacial score (nSPS) is 10.1. The molecular weight excluding hydrogens is 230 g/mol. The Bertz CT molecular complexity index is 602. The molecule has 0 aliphatic heterocycles. The second-order valence-corrected chi connectivity index (χ2v) is 4.02. The second kappa shape index (κ2) is 4.83. The van der Waals surface area contributed by atoms with E-state index in [2.05, 4.69) is 15.5 Å². The summed E-state index contributed by atoms with van der Waals surface area (Å²) in [4.78, 5) is 23.1. The number of aromatic nitrogens is 2. The van der Waals surface area contributed by atoms with Gasteiger partial charge in [-0.25, -0.2) is 0 Å². The van der Waals surface area contributed by atoms with Gasteiger partial charge in [-0.15, -0.1) is 0 Å². The zero-order chi connectivity index (χ0) is 13.1. The number of hydrogen-bond donors (Lipinski definition) is 2. The summed E-state index contributed by atoms with van der Waals surface area (Å²) in [6.07, 6.45) is 1.58. The predicted molar refractivity (Wildman–Crippen MR) is 67.7 cm³/mol. The average molecular weight is 243 g/mol. The van der Waals surface area contributed by atoms with Crippen molar-refractivity contribution in [2.24, 2.45) is 0 Å². The lowest BCUT2D eigenvalue weighted by Gasteiger charge is -2.05. The highest BCUT2D eigenvalue weighted by Gasteiger charge is 2.11. The molecule has 18 heavy (non-hydrogen) atoms. The standard InChI is InChI=1S/C13H13N3O2/c1-8-7-14-16-12(8)13(18)15-11-5-3-4-10(6-11)9(2)17/h3-7H,1-2H3,(H,14,16)(H,15,18). The van der Waals surface area contributed by atoms with Crippen LogP contribution in [0, 0.1) is 6.92 Å². The van der Waals surface area contributed by atoms with E-state index in [1.165, 1.54) is 6.92 Å². The summed E-state index contributed by atoms with van der Waals surface area (Å²) in [6.45, 7) is 3.28. The monoisotopic (exact) mass is 243 g/mol. The number of H-pyrrole nitrogens is 1. The third kappa shape index (κ3) is 2.45. The maximum absolute atomic E-state index is 11.9. The number of carbonyl (C=O) groups excluding carboxylic acids is 2. The summed E-state index contributed by atoms with van der Waals surface area (Å²) in [5.74, 6) is -0.311. The molecule has 0 saturated carbocycles. The molecule has 1 aromatic carbocycles. The van der Waals surface area contributed by atoms with E-state index in [1.807, 2.05) is 0 Å². The number of carbonyl (C=O) groups is 2. The Kier molecular flexibility index (Phi) is 3.23. The fraction of sp³-hybridized carbons (Fsp3) is 0.154. The SMILES string of the molecule is CC(=O)c1cccc(NC(=O)c2[nH]ncc2C)c1. The molecule has 1 aromatic heterocycles. The van der Waals surface area contributed by atoms with Crippen LogP contribution in [-0.2, 0) is 0 Å². The van der Waals surface area contributed by atoms with E-state index >= 15 is 0 Å². The van der Waals surface area contributed by atoms with E-state index < -0.39 is 0 Å². The molecule has 0 atom stereocenters. The van der Waals surface area contributed by atoms with Crippen LogP contribution in [-0.4, -0.2) is 21.9 Å². The van der Waals surface area contributed by atoms with Gasteiger partial charge >= 0.3 is 0 Å². The van der Waals surface area contributed by atoms with Crippen molar-refractivity contribution in [1.29, 1.82) is 0 Å². The maximum Gasteiger partial charge on any atom is 0.273 e. The molecule has 0 aliphatic rings. The number of Topliss-reactive ketones (excluding diaryl/α,β-unsaturated/α-hetero) is 1. The summed E-state index contributed by atoms with van der Waals surface area (Å²) < 4.78 is 0. The first kappa shape index (κ1) is 12.0. The van der Waals surface area contributed by atoms with Crippen molar-refractivity contribution in [3.05, 3.63) is 47.3 Å². The van der Waals surface area contributed by atoms with Crippen LogP contribution >= 0.6 is 0 Å².